The summed E-state index contributed by atoms with van der Waals surface area (Å²) in [6.07, 6.45) is 5.40. The maximum absolute atomic E-state index is 13.2. The van der Waals surface area contributed by atoms with Crippen LogP contribution in [0.15, 0.2) is 48.7 Å². The van der Waals surface area contributed by atoms with E-state index in [1.165, 1.54) is 12.1 Å². The Bertz CT molecular complexity index is 622. The van der Waals surface area contributed by atoms with Crippen molar-refractivity contribution >= 4 is 5.91 Å². The molecular formula is C20H25FN2O. The molecule has 0 saturated heterocycles. The molecule has 1 N–H and O–H groups in total. The van der Waals surface area contributed by atoms with Crippen LogP contribution in [0.2, 0.25) is 0 Å². The SMILES string of the molecule is CCCC(CCC)C(=O)NC(c1ccc(F)cc1)c1ccccn1. The van der Waals surface area contributed by atoms with Gasteiger partial charge in [-0.3, -0.25) is 9.78 Å². The molecule has 0 saturated carbocycles. The van der Waals surface area contributed by atoms with Crippen molar-refractivity contribution in [2.24, 2.45) is 5.92 Å². The van der Waals surface area contributed by atoms with Crippen LogP contribution in [-0.4, -0.2) is 10.9 Å². The normalized spacial score (nSPS) is 12.2. The maximum Gasteiger partial charge on any atom is 0.223 e. The number of amides is 1. The number of halogens is 1. The van der Waals surface area contributed by atoms with Crippen molar-refractivity contribution in [1.29, 1.82) is 0 Å². The van der Waals surface area contributed by atoms with Gasteiger partial charge in [-0.25, -0.2) is 4.39 Å². The van der Waals surface area contributed by atoms with E-state index in [1.807, 2.05) is 18.2 Å². The smallest absolute Gasteiger partial charge is 0.223 e. The van der Waals surface area contributed by atoms with Crippen LogP contribution in [0.5, 0.6) is 0 Å². The molecule has 3 nitrogen and oxygen atoms in total. The van der Waals surface area contributed by atoms with E-state index in [0.29, 0.717) is 0 Å². The van der Waals surface area contributed by atoms with Gasteiger partial charge >= 0.3 is 0 Å². The molecule has 0 aliphatic rings. The van der Waals surface area contributed by atoms with Crippen LogP contribution in [0.25, 0.3) is 0 Å². The summed E-state index contributed by atoms with van der Waals surface area (Å²) in [6, 6.07) is 11.5. The average molecular weight is 328 g/mol. The number of hydrogen-bond donors (Lipinski definition) is 1. The van der Waals surface area contributed by atoms with Crippen LogP contribution in [0.1, 0.15) is 56.8 Å². The van der Waals surface area contributed by atoms with Crippen molar-refractivity contribution in [3.8, 4) is 0 Å². The Hall–Kier alpha value is -2.23. The summed E-state index contributed by atoms with van der Waals surface area (Å²) in [5.41, 5.74) is 1.58. The summed E-state index contributed by atoms with van der Waals surface area (Å²) in [5, 5.41) is 3.11. The third-order valence-electron chi connectivity index (χ3n) is 4.12. The van der Waals surface area contributed by atoms with Crippen LogP contribution in [0.4, 0.5) is 4.39 Å². The average Bonchev–Trinajstić information content (AvgIpc) is 2.61. The highest BCUT2D eigenvalue weighted by atomic mass is 19.1. The molecular weight excluding hydrogens is 303 g/mol. The van der Waals surface area contributed by atoms with Gasteiger partial charge in [0, 0.05) is 12.1 Å². The molecule has 1 amide bonds. The fourth-order valence-corrected chi connectivity index (χ4v) is 2.89. The Morgan fingerprint density at radius 2 is 1.75 bits per heavy atom. The Labute approximate surface area is 143 Å². The zero-order chi connectivity index (χ0) is 17.4. The molecule has 1 heterocycles. The van der Waals surface area contributed by atoms with Gasteiger partial charge in [-0.15, -0.1) is 0 Å². The Kier molecular flexibility index (Phi) is 6.91. The van der Waals surface area contributed by atoms with Gasteiger partial charge in [-0.1, -0.05) is 44.9 Å². The first-order valence-electron chi connectivity index (χ1n) is 8.62. The van der Waals surface area contributed by atoms with Gasteiger partial charge in [0.2, 0.25) is 5.91 Å². The van der Waals surface area contributed by atoms with Crippen LogP contribution in [0, 0.1) is 11.7 Å². The molecule has 0 bridgehead atoms. The van der Waals surface area contributed by atoms with E-state index in [4.69, 9.17) is 0 Å². The third kappa shape index (κ3) is 4.88. The zero-order valence-corrected chi connectivity index (χ0v) is 14.3. The Balaban J connectivity index is 2.26. The molecule has 24 heavy (non-hydrogen) atoms. The molecule has 0 radical (unpaired) electrons. The lowest BCUT2D eigenvalue weighted by atomic mass is 9.95. The summed E-state index contributed by atoms with van der Waals surface area (Å²) in [4.78, 5) is 17.1. The quantitative estimate of drug-likeness (QED) is 0.767. The molecule has 1 aromatic carbocycles. The topological polar surface area (TPSA) is 42.0 Å². The first kappa shape index (κ1) is 18.1. The van der Waals surface area contributed by atoms with E-state index in [-0.39, 0.29) is 23.7 Å². The molecule has 1 atom stereocenters. The molecule has 4 heteroatoms. The Morgan fingerprint density at radius 1 is 1.08 bits per heavy atom. The number of nitrogens with one attached hydrogen (secondary N) is 1. The van der Waals surface area contributed by atoms with E-state index >= 15 is 0 Å². The fraction of sp³-hybridized carbons (Fsp3) is 0.400. The van der Waals surface area contributed by atoms with Gasteiger partial charge in [0.05, 0.1) is 11.7 Å². The highest BCUT2D eigenvalue weighted by Crippen LogP contribution is 2.23. The van der Waals surface area contributed by atoms with Crippen molar-refractivity contribution < 1.29 is 9.18 Å². The van der Waals surface area contributed by atoms with Crippen molar-refractivity contribution in [2.75, 3.05) is 0 Å². The number of aromatic nitrogens is 1. The van der Waals surface area contributed by atoms with Crippen LogP contribution in [-0.2, 0) is 4.79 Å². The molecule has 2 aromatic rings. The first-order valence-corrected chi connectivity index (χ1v) is 8.62. The largest absolute Gasteiger partial charge is 0.343 e. The van der Waals surface area contributed by atoms with Crippen LogP contribution < -0.4 is 5.32 Å². The minimum absolute atomic E-state index is 0.00617. The van der Waals surface area contributed by atoms with Crippen LogP contribution in [0.3, 0.4) is 0 Å². The number of pyridine rings is 1. The maximum atomic E-state index is 13.2. The number of carbonyl (C=O) groups excluding carboxylic acids is 1. The second-order valence-electron chi connectivity index (χ2n) is 6.02. The lowest BCUT2D eigenvalue weighted by molar-refractivity contribution is -0.126. The van der Waals surface area contributed by atoms with E-state index in [0.717, 1.165) is 36.9 Å². The first-order chi connectivity index (χ1) is 11.7. The fourth-order valence-electron chi connectivity index (χ4n) is 2.89. The number of rotatable bonds is 8. The molecule has 0 aliphatic heterocycles. The van der Waals surface area contributed by atoms with Gasteiger partial charge in [-0.2, -0.15) is 0 Å². The van der Waals surface area contributed by atoms with Crippen molar-refractivity contribution in [3.05, 3.63) is 65.7 Å². The monoisotopic (exact) mass is 328 g/mol. The minimum Gasteiger partial charge on any atom is -0.343 e. The molecule has 1 aromatic heterocycles. The van der Waals surface area contributed by atoms with Crippen LogP contribution >= 0.6 is 0 Å². The molecule has 1 unspecified atom stereocenters. The lowest BCUT2D eigenvalue weighted by Crippen LogP contribution is -2.35. The van der Waals surface area contributed by atoms with Gasteiger partial charge < -0.3 is 5.32 Å². The highest BCUT2D eigenvalue weighted by molar-refractivity contribution is 5.79. The van der Waals surface area contributed by atoms with Gasteiger partial charge in [0.25, 0.3) is 0 Å². The van der Waals surface area contributed by atoms with Crippen molar-refractivity contribution in [1.82, 2.24) is 10.3 Å². The van der Waals surface area contributed by atoms with E-state index in [1.54, 1.807) is 18.3 Å². The number of benzene rings is 1. The number of carbonyl (C=O) groups is 1. The lowest BCUT2D eigenvalue weighted by Gasteiger charge is -2.22. The zero-order valence-electron chi connectivity index (χ0n) is 14.3. The highest BCUT2D eigenvalue weighted by Gasteiger charge is 2.23. The van der Waals surface area contributed by atoms with E-state index in [2.05, 4.69) is 24.1 Å². The van der Waals surface area contributed by atoms with E-state index in [9.17, 15) is 9.18 Å². The number of nitrogens with zero attached hydrogens (tertiary/aromatic N) is 1. The minimum atomic E-state index is -0.365. The second-order valence-corrected chi connectivity index (χ2v) is 6.02. The van der Waals surface area contributed by atoms with Gasteiger partial charge in [-0.05, 0) is 42.7 Å². The van der Waals surface area contributed by atoms with Gasteiger partial charge in [0.15, 0.2) is 0 Å². The predicted molar refractivity (Wildman–Crippen MR) is 93.9 cm³/mol. The molecule has 2 rings (SSSR count). The molecule has 0 spiro atoms. The van der Waals surface area contributed by atoms with Crippen molar-refractivity contribution in [2.45, 2.75) is 45.6 Å². The third-order valence-corrected chi connectivity index (χ3v) is 4.12. The standard InChI is InChI=1S/C20H25FN2O/c1-3-7-16(8-4-2)20(24)23-19(18-9-5-6-14-22-18)15-10-12-17(21)13-11-15/h5-6,9-14,16,19H,3-4,7-8H2,1-2H3,(H,23,24). The molecule has 0 aliphatic carbocycles. The van der Waals surface area contributed by atoms with Crippen molar-refractivity contribution in [3.63, 3.8) is 0 Å². The second kappa shape index (κ2) is 9.16. The molecule has 128 valence electrons. The van der Waals surface area contributed by atoms with Gasteiger partial charge in [0.1, 0.15) is 5.82 Å². The summed E-state index contributed by atoms with van der Waals surface area (Å²) in [6.45, 7) is 4.18. The molecule has 0 fully saturated rings. The predicted octanol–water partition coefficient (Wildman–Crippen LogP) is 4.64. The Morgan fingerprint density at radius 3 is 2.29 bits per heavy atom. The summed E-state index contributed by atoms with van der Waals surface area (Å²) in [7, 11) is 0. The summed E-state index contributed by atoms with van der Waals surface area (Å²) >= 11 is 0. The van der Waals surface area contributed by atoms with E-state index < -0.39 is 0 Å². The summed E-state index contributed by atoms with van der Waals surface area (Å²) < 4.78 is 13.2. The number of hydrogen-bond acceptors (Lipinski definition) is 2. The summed E-state index contributed by atoms with van der Waals surface area (Å²) in [5.74, 6) is -0.245.